The molecule has 3 rings (SSSR count). The number of carbonyl (C=O) groups is 1. The Labute approximate surface area is 109 Å². The lowest BCUT2D eigenvalue weighted by atomic mass is 10.1. The van der Waals surface area contributed by atoms with Crippen LogP contribution in [0.3, 0.4) is 0 Å². The number of nitrogens with zero attached hydrogens (tertiary/aromatic N) is 4. The molecule has 1 atom stereocenters. The quantitative estimate of drug-likeness (QED) is 0.699. The maximum atomic E-state index is 11.2. The van der Waals surface area contributed by atoms with E-state index < -0.39 is 0 Å². The number of primary amides is 1. The van der Waals surface area contributed by atoms with Crippen molar-refractivity contribution >= 4 is 28.8 Å². The van der Waals surface area contributed by atoms with Gasteiger partial charge in [0, 0.05) is 20.1 Å². The van der Waals surface area contributed by atoms with Gasteiger partial charge in [0.2, 0.25) is 11.9 Å². The molecule has 1 amide bonds. The molecule has 0 spiro atoms. The van der Waals surface area contributed by atoms with Crippen molar-refractivity contribution in [3.05, 3.63) is 6.33 Å². The molecule has 2 aromatic rings. The highest BCUT2D eigenvalue weighted by Crippen LogP contribution is 2.27. The lowest BCUT2D eigenvalue weighted by molar-refractivity contribution is -0.121. The van der Waals surface area contributed by atoms with Gasteiger partial charge in [-0.1, -0.05) is 0 Å². The van der Waals surface area contributed by atoms with Crippen LogP contribution in [0.4, 0.5) is 11.8 Å². The lowest BCUT2D eigenvalue weighted by Gasteiger charge is -2.18. The van der Waals surface area contributed by atoms with Crippen molar-refractivity contribution in [2.45, 2.75) is 6.42 Å². The number of imidazole rings is 1. The van der Waals surface area contributed by atoms with Crippen molar-refractivity contribution in [1.29, 1.82) is 0 Å². The summed E-state index contributed by atoms with van der Waals surface area (Å²) in [6.45, 7) is 1.34. The van der Waals surface area contributed by atoms with E-state index in [1.807, 2.05) is 4.90 Å². The van der Waals surface area contributed by atoms with E-state index in [9.17, 15) is 4.79 Å². The third kappa shape index (κ3) is 1.94. The fourth-order valence-corrected chi connectivity index (χ4v) is 2.34. The minimum Gasteiger partial charge on any atom is -0.369 e. The van der Waals surface area contributed by atoms with Gasteiger partial charge in [0.1, 0.15) is 5.52 Å². The zero-order valence-corrected chi connectivity index (χ0v) is 10.6. The van der Waals surface area contributed by atoms with Gasteiger partial charge in [0.05, 0.1) is 12.2 Å². The number of nitrogens with two attached hydrogens (primary N) is 1. The number of rotatable bonds is 3. The summed E-state index contributed by atoms with van der Waals surface area (Å²) in [6, 6.07) is 0. The van der Waals surface area contributed by atoms with Crippen molar-refractivity contribution in [3.63, 3.8) is 0 Å². The van der Waals surface area contributed by atoms with Crippen LogP contribution < -0.4 is 16.0 Å². The molecule has 1 unspecified atom stereocenters. The molecular formula is C11H15N7O. The fraction of sp³-hybridized carbons (Fsp3) is 0.455. The van der Waals surface area contributed by atoms with E-state index in [0.29, 0.717) is 18.1 Å². The summed E-state index contributed by atoms with van der Waals surface area (Å²) in [4.78, 5) is 29.2. The Balaban J connectivity index is 2.00. The minimum atomic E-state index is -0.258. The fourth-order valence-electron chi connectivity index (χ4n) is 2.34. The van der Waals surface area contributed by atoms with E-state index in [4.69, 9.17) is 5.73 Å². The second-order valence-corrected chi connectivity index (χ2v) is 4.56. The third-order valence-electron chi connectivity index (χ3n) is 3.38. The molecule has 100 valence electrons. The number of anilines is 2. The Kier molecular flexibility index (Phi) is 2.69. The Hall–Kier alpha value is -2.38. The molecule has 8 nitrogen and oxygen atoms in total. The van der Waals surface area contributed by atoms with Crippen molar-refractivity contribution in [2.75, 3.05) is 30.4 Å². The molecule has 8 heteroatoms. The van der Waals surface area contributed by atoms with Crippen molar-refractivity contribution in [2.24, 2.45) is 11.7 Å². The molecule has 1 aliphatic heterocycles. The average molecular weight is 261 g/mol. The van der Waals surface area contributed by atoms with Gasteiger partial charge >= 0.3 is 0 Å². The molecule has 1 fully saturated rings. The number of fused-ring (bicyclic) bond motifs is 1. The second-order valence-electron chi connectivity index (χ2n) is 4.56. The van der Waals surface area contributed by atoms with Crippen molar-refractivity contribution in [3.8, 4) is 0 Å². The first kappa shape index (κ1) is 11.7. The van der Waals surface area contributed by atoms with Gasteiger partial charge < -0.3 is 20.9 Å². The van der Waals surface area contributed by atoms with Gasteiger partial charge in [-0.25, -0.2) is 4.98 Å². The smallest absolute Gasteiger partial charge is 0.226 e. The zero-order valence-electron chi connectivity index (χ0n) is 10.6. The highest BCUT2D eigenvalue weighted by molar-refractivity contribution is 5.85. The van der Waals surface area contributed by atoms with E-state index in [1.165, 1.54) is 0 Å². The summed E-state index contributed by atoms with van der Waals surface area (Å²) in [5.41, 5.74) is 6.75. The first-order valence-corrected chi connectivity index (χ1v) is 6.12. The van der Waals surface area contributed by atoms with Crippen LogP contribution in [-0.4, -0.2) is 46.0 Å². The molecule has 19 heavy (non-hydrogen) atoms. The maximum absolute atomic E-state index is 11.2. The lowest BCUT2D eigenvalue weighted by Crippen LogP contribution is -2.28. The first-order valence-electron chi connectivity index (χ1n) is 6.12. The van der Waals surface area contributed by atoms with E-state index in [-0.39, 0.29) is 11.8 Å². The number of carbonyl (C=O) groups excluding carboxylic acids is 1. The van der Waals surface area contributed by atoms with Gasteiger partial charge in [-0.15, -0.1) is 0 Å². The number of nitrogens with one attached hydrogen (secondary N) is 2. The van der Waals surface area contributed by atoms with Crippen LogP contribution in [0, 0.1) is 5.92 Å². The first-order chi connectivity index (χ1) is 9.19. The molecule has 0 aromatic carbocycles. The summed E-state index contributed by atoms with van der Waals surface area (Å²) in [5.74, 6) is 0.893. The van der Waals surface area contributed by atoms with E-state index in [1.54, 1.807) is 13.4 Å². The number of H-pyrrole nitrogens is 1. The van der Waals surface area contributed by atoms with E-state index in [0.717, 1.165) is 24.3 Å². The van der Waals surface area contributed by atoms with Crippen LogP contribution in [0.5, 0.6) is 0 Å². The topological polar surface area (TPSA) is 113 Å². The van der Waals surface area contributed by atoms with Gasteiger partial charge in [-0.05, 0) is 6.42 Å². The summed E-state index contributed by atoms with van der Waals surface area (Å²) < 4.78 is 0. The summed E-state index contributed by atoms with van der Waals surface area (Å²) >= 11 is 0. The van der Waals surface area contributed by atoms with Crippen LogP contribution in [-0.2, 0) is 4.79 Å². The number of aromatic amines is 1. The predicted octanol–water partition coefficient (Wildman–Crippen LogP) is -0.294. The van der Waals surface area contributed by atoms with Gasteiger partial charge in [0.15, 0.2) is 11.5 Å². The molecule has 2 aromatic heterocycles. The molecule has 1 aliphatic rings. The summed E-state index contributed by atoms with van der Waals surface area (Å²) in [6.07, 6.45) is 2.34. The van der Waals surface area contributed by atoms with Gasteiger partial charge in [0.25, 0.3) is 0 Å². The highest BCUT2D eigenvalue weighted by Gasteiger charge is 2.29. The molecule has 4 N–H and O–H groups in total. The maximum Gasteiger partial charge on any atom is 0.226 e. The Morgan fingerprint density at radius 1 is 1.58 bits per heavy atom. The van der Waals surface area contributed by atoms with E-state index in [2.05, 4.69) is 25.3 Å². The SMILES string of the molecule is CNc1nc(N2CCC(C(N)=O)C2)c2[nH]cnc2n1. The molecule has 0 aliphatic carbocycles. The molecule has 0 bridgehead atoms. The third-order valence-corrected chi connectivity index (χ3v) is 3.38. The zero-order chi connectivity index (χ0) is 13.4. The van der Waals surface area contributed by atoms with Crippen LogP contribution in [0.1, 0.15) is 6.42 Å². The number of amides is 1. The Bertz CT molecular complexity index is 623. The molecule has 0 saturated carbocycles. The molecule has 0 radical (unpaired) electrons. The van der Waals surface area contributed by atoms with Crippen molar-refractivity contribution < 1.29 is 4.79 Å². The molecular weight excluding hydrogens is 246 g/mol. The Morgan fingerprint density at radius 3 is 3.11 bits per heavy atom. The van der Waals surface area contributed by atoms with Crippen molar-refractivity contribution in [1.82, 2.24) is 19.9 Å². The number of hydrogen-bond donors (Lipinski definition) is 3. The summed E-state index contributed by atoms with van der Waals surface area (Å²) in [7, 11) is 1.76. The Morgan fingerprint density at radius 2 is 2.42 bits per heavy atom. The van der Waals surface area contributed by atoms with Gasteiger partial charge in [-0.2, -0.15) is 9.97 Å². The molecule has 1 saturated heterocycles. The second kappa shape index (κ2) is 4.38. The number of aromatic nitrogens is 4. The normalized spacial score (nSPS) is 19.0. The van der Waals surface area contributed by atoms with E-state index >= 15 is 0 Å². The van der Waals surface area contributed by atoms with Crippen LogP contribution in [0.2, 0.25) is 0 Å². The average Bonchev–Trinajstić information content (AvgIpc) is 3.06. The molecule has 3 heterocycles. The van der Waals surface area contributed by atoms with Gasteiger partial charge in [-0.3, -0.25) is 4.79 Å². The monoisotopic (exact) mass is 261 g/mol. The largest absolute Gasteiger partial charge is 0.369 e. The standard InChI is InChI=1S/C11H15N7O/c1-13-11-16-9-7(14-5-15-9)10(17-11)18-3-2-6(4-18)8(12)19/h5-6H,2-4H2,1H3,(H2,12,19)(H2,13,14,15,16,17). The minimum absolute atomic E-state index is 0.119. The number of hydrogen-bond acceptors (Lipinski definition) is 6. The summed E-state index contributed by atoms with van der Waals surface area (Å²) in [5, 5.41) is 2.91. The predicted molar refractivity (Wildman–Crippen MR) is 70.7 cm³/mol. The highest BCUT2D eigenvalue weighted by atomic mass is 16.1. The van der Waals surface area contributed by atoms with Crippen LogP contribution in [0.15, 0.2) is 6.33 Å². The van der Waals surface area contributed by atoms with Crippen LogP contribution in [0.25, 0.3) is 11.2 Å². The van der Waals surface area contributed by atoms with Crippen LogP contribution >= 0.6 is 0 Å².